The molecule has 2 unspecified atom stereocenters. The van der Waals surface area contributed by atoms with Gasteiger partial charge in [-0.25, -0.2) is 0 Å². The third-order valence-electron chi connectivity index (χ3n) is 4.77. The highest BCUT2D eigenvalue weighted by atomic mass is 16.1. The molecular formula is C14H23N5O. The van der Waals surface area contributed by atoms with Crippen LogP contribution >= 0.6 is 0 Å². The predicted octanol–water partition coefficient (Wildman–Crippen LogP) is 0.547. The summed E-state index contributed by atoms with van der Waals surface area (Å²) in [6, 6.07) is 1.68. The standard InChI is InChI=1S/C14H23N5O/c1-8-12(13(15)20)14(19(3)17-8)18(2)11-6-9-4-5-10(7-11)16-9/h9-11,16H,4-7H2,1-3H3,(H2,15,20). The van der Waals surface area contributed by atoms with Crippen molar-refractivity contribution in [3.05, 3.63) is 11.3 Å². The first kappa shape index (κ1) is 13.4. The lowest BCUT2D eigenvalue weighted by atomic mass is 9.98. The number of amides is 1. The molecule has 110 valence electrons. The molecule has 0 saturated carbocycles. The highest BCUT2D eigenvalue weighted by Gasteiger charge is 2.36. The molecule has 3 N–H and O–H groups in total. The van der Waals surface area contributed by atoms with Crippen molar-refractivity contribution in [2.24, 2.45) is 12.8 Å². The Labute approximate surface area is 119 Å². The zero-order valence-corrected chi connectivity index (χ0v) is 12.4. The third-order valence-corrected chi connectivity index (χ3v) is 4.77. The fourth-order valence-corrected chi connectivity index (χ4v) is 3.86. The predicted molar refractivity (Wildman–Crippen MR) is 77.8 cm³/mol. The van der Waals surface area contributed by atoms with Crippen LogP contribution in [0.4, 0.5) is 5.82 Å². The van der Waals surface area contributed by atoms with E-state index in [1.165, 1.54) is 12.8 Å². The van der Waals surface area contributed by atoms with E-state index in [-0.39, 0.29) is 0 Å². The highest BCUT2D eigenvalue weighted by molar-refractivity contribution is 5.99. The second-order valence-electron chi connectivity index (χ2n) is 6.15. The van der Waals surface area contributed by atoms with Crippen LogP contribution in [-0.2, 0) is 7.05 Å². The summed E-state index contributed by atoms with van der Waals surface area (Å²) in [6.45, 7) is 1.84. The maximum Gasteiger partial charge on any atom is 0.254 e. The summed E-state index contributed by atoms with van der Waals surface area (Å²) in [4.78, 5) is 13.9. The Kier molecular flexibility index (Phi) is 3.20. The summed E-state index contributed by atoms with van der Waals surface area (Å²) in [7, 11) is 3.93. The molecule has 0 radical (unpaired) electrons. The van der Waals surface area contributed by atoms with Gasteiger partial charge in [0, 0.05) is 32.2 Å². The van der Waals surface area contributed by atoms with Crippen molar-refractivity contribution < 1.29 is 4.79 Å². The summed E-state index contributed by atoms with van der Waals surface area (Å²) < 4.78 is 1.78. The van der Waals surface area contributed by atoms with Crippen LogP contribution < -0.4 is 16.0 Å². The summed E-state index contributed by atoms with van der Waals surface area (Å²) >= 11 is 0. The number of nitrogens with two attached hydrogens (primary N) is 1. The van der Waals surface area contributed by atoms with Gasteiger partial charge < -0.3 is 16.0 Å². The van der Waals surface area contributed by atoms with Gasteiger partial charge in [-0.15, -0.1) is 0 Å². The van der Waals surface area contributed by atoms with Gasteiger partial charge in [0.2, 0.25) is 0 Å². The fraction of sp³-hybridized carbons (Fsp3) is 0.714. The normalized spacial score (nSPS) is 28.6. The molecule has 2 fully saturated rings. The van der Waals surface area contributed by atoms with Gasteiger partial charge in [0.05, 0.1) is 5.69 Å². The number of aromatic nitrogens is 2. The van der Waals surface area contributed by atoms with Crippen LogP contribution in [0.5, 0.6) is 0 Å². The minimum Gasteiger partial charge on any atom is -0.365 e. The number of piperidine rings is 1. The summed E-state index contributed by atoms with van der Waals surface area (Å²) in [5.41, 5.74) is 6.80. The van der Waals surface area contributed by atoms with Crippen molar-refractivity contribution in [3.63, 3.8) is 0 Å². The van der Waals surface area contributed by atoms with Gasteiger partial charge in [-0.3, -0.25) is 9.48 Å². The third kappa shape index (κ3) is 2.08. The van der Waals surface area contributed by atoms with Crippen molar-refractivity contribution in [2.45, 2.75) is 50.7 Å². The number of hydrogen-bond acceptors (Lipinski definition) is 4. The molecule has 3 rings (SSSR count). The van der Waals surface area contributed by atoms with Crippen LogP contribution in [0.3, 0.4) is 0 Å². The Morgan fingerprint density at radius 2 is 2.00 bits per heavy atom. The molecular weight excluding hydrogens is 254 g/mol. The molecule has 6 heteroatoms. The molecule has 2 aliphatic rings. The first-order valence-corrected chi connectivity index (χ1v) is 7.29. The Morgan fingerprint density at radius 3 is 2.55 bits per heavy atom. The minimum atomic E-state index is -0.394. The van der Waals surface area contributed by atoms with Gasteiger partial charge in [0.1, 0.15) is 11.4 Å². The number of fused-ring (bicyclic) bond motifs is 2. The van der Waals surface area contributed by atoms with Crippen molar-refractivity contribution in [3.8, 4) is 0 Å². The van der Waals surface area contributed by atoms with E-state index >= 15 is 0 Å². The van der Waals surface area contributed by atoms with E-state index in [9.17, 15) is 4.79 Å². The molecule has 2 bridgehead atoms. The van der Waals surface area contributed by atoms with Crippen molar-refractivity contribution in [1.82, 2.24) is 15.1 Å². The van der Waals surface area contributed by atoms with Gasteiger partial charge in [-0.2, -0.15) is 5.10 Å². The van der Waals surface area contributed by atoms with Crippen molar-refractivity contribution in [2.75, 3.05) is 11.9 Å². The van der Waals surface area contributed by atoms with Crippen LogP contribution in [0.1, 0.15) is 41.7 Å². The van der Waals surface area contributed by atoms with Crippen molar-refractivity contribution in [1.29, 1.82) is 0 Å². The van der Waals surface area contributed by atoms with Crippen LogP contribution in [0.25, 0.3) is 0 Å². The molecule has 1 aromatic heterocycles. The smallest absolute Gasteiger partial charge is 0.254 e. The molecule has 1 amide bonds. The van der Waals surface area contributed by atoms with E-state index in [0.29, 0.717) is 29.4 Å². The van der Waals surface area contributed by atoms with Gasteiger partial charge in [0.15, 0.2) is 0 Å². The SMILES string of the molecule is Cc1nn(C)c(N(C)C2CC3CCC(C2)N3)c1C(N)=O. The largest absolute Gasteiger partial charge is 0.365 e. The number of primary amides is 1. The average Bonchev–Trinajstić information content (AvgIpc) is 2.87. The van der Waals surface area contributed by atoms with E-state index in [1.54, 1.807) is 4.68 Å². The van der Waals surface area contributed by atoms with E-state index in [4.69, 9.17) is 5.73 Å². The molecule has 6 nitrogen and oxygen atoms in total. The summed E-state index contributed by atoms with van der Waals surface area (Å²) in [5, 5.41) is 8.00. The van der Waals surface area contributed by atoms with Crippen LogP contribution in [0.2, 0.25) is 0 Å². The van der Waals surface area contributed by atoms with Gasteiger partial charge in [-0.05, 0) is 32.6 Å². The Morgan fingerprint density at radius 1 is 1.40 bits per heavy atom. The lowest BCUT2D eigenvalue weighted by Crippen LogP contribution is -2.47. The molecule has 3 heterocycles. The molecule has 20 heavy (non-hydrogen) atoms. The Hall–Kier alpha value is -1.56. The van der Waals surface area contributed by atoms with E-state index < -0.39 is 5.91 Å². The summed E-state index contributed by atoms with van der Waals surface area (Å²) in [5.74, 6) is 0.454. The van der Waals surface area contributed by atoms with Crippen LogP contribution in [-0.4, -0.2) is 40.9 Å². The van der Waals surface area contributed by atoms with E-state index in [1.807, 2.05) is 14.0 Å². The number of nitrogens with zero attached hydrogens (tertiary/aromatic N) is 3. The molecule has 2 atom stereocenters. The number of carbonyl (C=O) groups excluding carboxylic acids is 1. The first-order valence-electron chi connectivity index (χ1n) is 7.29. The van der Waals surface area contributed by atoms with Gasteiger partial charge in [0.25, 0.3) is 5.91 Å². The molecule has 1 aromatic rings. The zero-order chi connectivity index (χ0) is 14.4. The fourth-order valence-electron chi connectivity index (χ4n) is 3.86. The Balaban J connectivity index is 1.90. The number of carbonyl (C=O) groups is 1. The molecule has 2 aliphatic heterocycles. The lowest BCUT2D eigenvalue weighted by molar-refractivity contribution is 0.1000. The molecule has 0 aliphatic carbocycles. The minimum absolute atomic E-state index is 0.394. The molecule has 2 saturated heterocycles. The highest BCUT2D eigenvalue weighted by Crippen LogP contribution is 2.33. The second-order valence-corrected chi connectivity index (χ2v) is 6.15. The number of nitrogens with one attached hydrogen (secondary N) is 1. The lowest BCUT2D eigenvalue weighted by Gasteiger charge is -2.37. The quantitative estimate of drug-likeness (QED) is 0.846. The molecule has 0 spiro atoms. The van der Waals surface area contributed by atoms with Crippen LogP contribution in [0, 0.1) is 6.92 Å². The van der Waals surface area contributed by atoms with Gasteiger partial charge >= 0.3 is 0 Å². The number of rotatable bonds is 3. The first-order chi connectivity index (χ1) is 9.47. The summed E-state index contributed by atoms with van der Waals surface area (Å²) in [6.07, 6.45) is 4.77. The monoisotopic (exact) mass is 277 g/mol. The number of aryl methyl sites for hydroxylation is 2. The average molecular weight is 277 g/mol. The maximum atomic E-state index is 11.7. The molecule has 0 aromatic carbocycles. The topological polar surface area (TPSA) is 76.2 Å². The number of anilines is 1. The van der Waals surface area contributed by atoms with E-state index in [2.05, 4.69) is 22.4 Å². The number of hydrogen-bond donors (Lipinski definition) is 2. The van der Waals surface area contributed by atoms with Gasteiger partial charge in [-0.1, -0.05) is 0 Å². The zero-order valence-electron chi connectivity index (χ0n) is 12.4. The van der Waals surface area contributed by atoms with Crippen LogP contribution in [0.15, 0.2) is 0 Å². The Bertz CT molecular complexity index is 526. The second kappa shape index (κ2) is 4.77. The maximum absolute atomic E-state index is 11.7. The van der Waals surface area contributed by atoms with Crippen molar-refractivity contribution >= 4 is 11.7 Å². The van der Waals surface area contributed by atoms with E-state index in [0.717, 1.165) is 18.7 Å².